The minimum Gasteiger partial charge on any atom is -0.508 e. The molecule has 0 bridgehead atoms. The van der Waals surface area contributed by atoms with E-state index in [4.69, 9.17) is 5.11 Å². The molecule has 1 rings (SSSR count). The number of carboxylic acids is 1. The van der Waals surface area contributed by atoms with Crippen molar-refractivity contribution >= 4 is 11.8 Å². The Morgan fingerprint density at radius 2 is 1.60 bits per heavy atom. The lowest BCUT2D eigenvalue weighted by Crippen LogP contribution is -2.54. The number of aromatic hydroxyl groups is 1. The van der Waals surface area contributed by atoms with Gasteiger partial charge in [-0.25, -0.2) is 0 Å². The SMILES string of the molecule is O=C(O)[C@H](Cc1ccc(O)cc1)NC(O)C(=O)[C@@H](O)[C@H](O)[C@H](O)CO. The number of Topliss-reactive ketones (excluding diaryl/α,β-unsaturated/α-hetero) is 1. The lowest BCUT2D eigenvalue weighted by atomic mass is 10.0. The van der Waals surface area contributed by atoms with Crippen molar-refractivity contribution < 1.29 is 45.3 Å². The minimum atomic E-state index is -2.23. The molecular formula is C15H21NO9. The Balaban J connectivity index is 2.75. The van der Waals surface area contributed by atoms with Crippen LogP contribution in [-0.4, -0.2) is 84.7 Å². The van der Waals surface area contributed by atoms with Crippen LogP contribution in [0.25, 0.3) is 0 Å². The zero-order valence-electron chi connectivity index (χ0n) is 13.1. The quantitative estimate of drug-likeness (QED) is 0.199. The first-order valence-electron chi connectivity index (χ1n) is 7.31. The van der Waals surface area contributed by atoms with E-state index in [0.29, 0.717) is 5.56 Å². The zero-order valence-corrected chi connectivity index (χ0v) is 13.1. The van der Waals surface area contributed by atoms with Gasteiger partial charge in [0.1, 0.15) is 30.1 Å². The first-order chi connectivity index (χ1) is 11.7. The van der Waals surface area contributed by atoms with E-state index in [2.05, 4.69) is 5.32 Å². The Morgan fingerprint density at radius 1 is 1.04 bits per heavy atom. The van der Waals surface area contributed by atoms with Crippen molar-refractivity contribution in [2.75, 3.05) is 6.61 Å². The lowest BCUT2D eigenvalue weighted by Gasteiger charge is -2.24. The van der Waals surface area contributed by atoms with Gasteiger partial charge in [-0.3, -0.25) is 14.9 Å². The second-order valence-electron chi connectivity index (χ2n) is 5.42. The standard InChI is InChI=1S/C15H21NO9/c17-6-10(19)11(20)12(21)13(22)14(23)16-9(15(24)25)5-7-1-3-8(18)4-2-7/h1-4,9-12,14,16-21,23H,5-6H2,(H,24,25)/t9-,10+,11+,12-,14?/m0/s1. The molecule has 0 spiro atoms. The van der Waals surface area contributed by atoms with Crippen LogP contribution in [0.3, 0.4) is 0 Å². The van der Waals surface area contributed by atoms with E-state index in [1.54, 1.807) is 0 Å². The highest BCUT2D eigenvalue weighted by Gasteiger charge is 2.35. The van der Waals surface area contributed by atoms with Crippen LogP contribution in [0.5, 0.6) is 5.75 Å². The number of ketones is 1. The number of phenols is 1. The Kier molecular flexibility index (Phi) is 7.90. The molecule has 0 aliphatic heterocycles. The molecule has 0 amide bonds. The maximum Gasteiger partial charge on any atom is 0.321 e. The van der Waals surface area contributed by atoms with E-state index in [1.165, 1.54) is 24.3 Å². The van der Waals surface area contributed by atoms with Gasteiger partial charge in [-0.1, -0.05) is 12.1 Å². The summed E-state index contributed by atoms with van der Waals surface area (Å²) in [5.74, 6) is -2.76. The molecule has 10 nitrogen and oxygen atoms in total. The van der Waals surface area contributed by atoms with E-state index in [1.807, 2.05) is 0 Å². The maximum absolute atomic E-state index is 11.8. The predicted octanol–water partition coefficient (Wildman–Crippen LogP) is -3.06. The monoisotopic (exact) mass is 359 g/mol. The highest BCUT2D eigenvalue weighted by molar-refractivity contribution is 5.88. The Hall–Kier alpha value is -2.08. The molecule has 1 aromatic carbocycles. The van der Waals surface area contributed by atoms with E-state index in [9.17, 15) is 40.2 Å². The average Bonchev–Trinajstić information content (AvgIpc) is 2.59. The molecule has 0 aliphatic rings. The first-order valence-corrected chi connectivity index (χ1v) is 7.31. The maximum atomic E-state index is 11.8. The van der Waals surface area contributed by atoms with Gasteiger partial charge >= 0.3 is 5.97 Å². The number of hydrogen-bond acceptors (Lipinski definition) is 9. The van der Waals surface area contributed by atoms with Crippen molar-refractivity contribution in [1.82, 2.24) is 5.32 Å². The number of rotatable bonds is 10. The van der Waals surface area contributed by atoms with Crippen molar-refractivity contribution in [1.29, 1.82) is 0 Å². The van der Waals surface area contributed by atoms with Crippen molar-refractivity contribution in [2.45, 2.75) is 37.0 Å². The van der Waals surface area contributed by atoms with Crippen LogP contribution in [0.1, 0.15) is 5.56 Å². The summed E-state index contributed by atoms with van der Waals surface area (Å²) in [7, 11) is 0. The molecule has 5 atom stereocenters. The number of carbonyl (C=O) groups excluding carboxylic acids is 1. The second-order valence-corrected chi connectivity index (χ2v) is 5.42. The summed E-state index contributed by atoms with van der Waals surface area (Å²) < 4.78 is 0. The number of carboxylic acid groups (broad SMARTS) is 1. The molecule has 0 heterocycles. The Labute approximate surface area is 142 Å². The summed E-state index contributed by atoms with van der Waals surface area (Å²) in [5.41, 5.74) is 0.494. The van der Waals surface area contributed by atoms with Crippen LogP contribution in [-0.2, 0) is 16.0 Å². The summed E-state index contributed by atoms with van der Waals surface area (Å²) in [5, 5.41) is 67.1. The van der Waals surface area contributed by atoms with Crippen LogP contribution in [0.4, 0.5) is 0 Å². The molecule has 8 N–H and O–H groups in total. The topological polar surface area (TPSA) is 188 Å². The van der Waals surface area contributed by atoms with E-state index >= 15 is 0 Å². The summed E-state index contributed by atoms with van der Waals surface area (Å²) >= 11 is 0. The fraction of sp³-hybridized carbons (Fsp3) is 0.467. The molecule has 0 saturated heterocycles. The Bertz CT molecular complexity index is 577. The normalized spacial score (nSPS) is 17.3. The van der Waals surface area contributed by atoms with E-state index in [-0.39, 0.29) is 12.2 Å². The molecule has 10 heteroatoms. The predicted molar refractivity (Wildman–Crippen MR) is 82.5 cm³/mol. The van der Waals surface area contributed by atoms with Gasteiger partial charge in [0, 0.05) is 0 Å². The number of carbonyl (C=O) groups is 2. The molecule has 0 aromatic heterocycles. The molecular weight excluding hydrogens is 338 g/mol. The largest absolute Gasteiger partial charge is 0.508 e. The molecule has 1 unspecified atom stereocenters. The van der Waals surface area contributed by atoms with Gasteiger partial charge in [-0.15, -0.1) is 0 Å². The Morgan fingerprint density at radius 3 is 2.08 bits per heavy atom. The smallest absolute Gasteiger partial charge is 0.321 e. The number of benzene rings is 1. The average molecular weight is 359 g/mol. The summed E-state index contributed by atoms with van der Waals surface area (Å²) in [4.78, 5) is 23.1. The fourth-order valence-corrected chi connectivity index (χ4v) is 2.01. The summed E-state index contributed by atoms with van der Waals surface area (Å²) in [6, 6.07) is 4.18. The molecule has 0 saturated carbocycles. The summed E-state index contributed by atoms with van der Waals surface area (Å²) in [6.45, 7) is -0.923. The van der Waals surface area contributed by atoms with Crippen molar-refractivity contribution in [2.24, 2.45) is 0 Å². The molecule has 0 radical (unpaired) electrons. The highest BCUT2D eigenvalue weighted by Crippen LogP contribution is 2.12. The van der Waals surface area contributed by atoms with Gasteiger partial charge in [0.25, 0.3) is 0 Å². The number of aliphatic carboxylic acids is 1. The number of nitrogens with one attached hydrogen (secondary N) is 1. The number of hydrogen-bond donors (Lipinski definition) is 8. The van der Waals surface area contributed by atoms with Gasteiger partial charge in [-0.05, 0) is 24.1 Å². The van der Waals surface area contributed by atoms with Crippen LogP contribution < -0.4 is 5.32 Å². The third-order valence-corrected chi connectivity index (χ3v) is 3.50. The van der Waals surface area contributed by atoms with Gasteiger partial charge in [0.15, 0.2) is 6.23 Å². The number of phenolic OH excluding ortho intramolecular Hbond substituents is 1. The molecule has 1 aromatic rings. The van der Waals surface area contributed by atoms with Crippen LogP contribution in [0.2, 0.25) is 0 Å². The van der Waals surface area contributed by atoms with E-state index < -0.39 is 48.9 Å². The van der Waals surface area contributed by atoms with Gasteiger partial charge in [-0.2, -0.15) is 0 Å². The van der Waals surface area contributed by atoms with Crippen LogP contribution in [0.15, 0.2) is 24.3 Å². The first kappa shape index (κ1) is 21.0. The number of aliphatic hydroxyl groups is 5. The fourth-order valence-electron chi connectivity index (χ4n) is 2.01. The highest BCUT2D eigenvalue weighted by atomic mass is 16.4. The van der Waals surface area contributed by atoms with Crippen LogP contribution >= 0.6 is 0 Å². The number of aliphatic hydroxyl groups excluding tert-OH is 5. The van der Waals surface area contributed by atoms with Crippen molar-refractivity contribution in [3.05, 3.63) is 29.8 Å². The summed E-state index contributed by atoms with van der Waals surface area (Å²) in [6.07, 6.45) is -8.35. The lowest BCUT2D eigenvalue weighted by molar-refractivity contribution is -0.152. The van der Waals surface area contributed by atoms with Gasteiger partial charge in [0.05, 0.1) is 6.61 Å². The van der Waals surface area contributed by atoms with Crippen LogP contribution in [0, 0.1) is 0 Å². The zero-order chi connectivity index (χ0) is 19.1. The van der Waals surface area contributed by atoms with E-state index in [0.717, 1.165) is 0 Å². The van der Waals surface area contributed by atoms with Gasteiger partial charge < -0.3 is 35.7 Å². The van der Waals surface area contributed by atoms with Crippen molar-refractivity contribution in [3.8, 4) is 5.75 Å². The minimum absolute atomic E-state index is 0.0154. The third-order valence-electron chi connectivity index (χ3n) is 3.50. The molecule has 140 valence electrons. The second kappa shape index (κ2) is 9.42. The molecule has 0 fully saturated rings. The van der Waals surface area contributed by atoms with Gasteiger partial charge in [0.2, 0.25) is 5.78 Å². The molecule has 0 aliphatic carbocycles. The van der Waals surface area contributed by atoms with Crippen molar-refractivity contribution in [3.63, 3.8) is 0 Å². The third kappa shape index (κ3) is 6.05. The molecule has 25 heavy (non-hydrogen) atoms.